The van der Waals surface area contributed by atoms with Crippen molar-refractivity contribution in [2.24, 2.45) is 11.5 Å². The van der Waals surface area contributed by atoms with Crippen LogP contribution >= 0.6 is 11.6 Å². The largest absolute Gasteiger partial charge is 0.493 e. The lowest BCUT2D eigenvalue weighted by Crippen LogP contribution is -2.38. The minimum absolute atomic E-state index is 0.156. The van der Waals surface area contributed by atoms with E-state index in [1.54, 1.807) is 6.07 Å². The van der Waals surface area contributed by atoms with Gasteiger partial charge in [-0.25, -0.2) is 4.79 Å². The fourth-order valence-electron chi connectivity index (χ4n) is 1.40. The average molecular weight is 288 g/mol. The van der Waals surface area contributed by atoms with Crippen LogP contribution in [0, 0.1) is 0 Å². The molecule has 0 aliphatic carbocycles. The topological polar surface area (TPSA) is 117 Å². The predicted octanol–water partition coefficient (Wildman–Crippen LogP) is 0.381. The normalized spacial score (nSPS) is 9.84. The maximum Gasteiger partial charge on any atom is 0.318 e. The molecule has 0 saturated heterocycles. The van der Waals surface area contributed by atoms with Crippen molar-refractivity contribution >= 4 is 23.5 Å². The molecule has 7 nitrogen and oxygen atoms in total. The Labute approximate surface area is 114 Å². The molecule has 0 unspecified atom stereocenters. The molecule has 0 saturated carbocycles. The van der Waals surface area contributed by atoms with Gasteiger partial charge >= 0.3 is 6.03 Å². The molecule has 104 valence electrons. The van der Waals surface area contributed by atoms with Crippen molar-refractivity contribution in [1.82, 2.24) is 5.32 Å². The van der Waals surface area contributed by atoms with Gasteiger partial charge in [0.1, 0.15) is 0 Å². The summed E-state index contributed by atoms with van der Waals surface area (Å²) in [4.78, 5) is 21.7. The summed E-state index contributed by atoms with van der Waals surface area (Å²) in [6.45, 7) is -0.238. The van der Waals surface area contributed by atoms with Gasteiger partial charge in [-0.2, -0.15) is 0 Å². The van der Waals surface area contributed by atoms with E-state index >= 15 is 0 Å². The number of methoxy groups -OCH3 is 1. The summed E-state index contributed by atoms with van der Waals surface area (Å²) in [7, 11) is 1.43. The van der Waals surface area contributed by atoms with Crippen LogP contribution < -0.4 is 26.3 Å². The third-order valence-electron chi connectivity index (χ3n) is 2.15. The molecule has 0 heterocycles. The zero-order valence-corrected chi connectivity index (χ0v) is 11.0. The zero-order chi connectivity index (χ0) is 14.4. The van der Waals surface area contributed by atoms with Gasteiger partial charge in [-0.05, 0) is 6.07 Å². The van der Waals surface area contributed by atoms with Gasteiger partial charge in [-0.1, -0.05) is 11.6 Å². The van der Waals surface area contributed by atoms with Crippen LogP contribution in [0.5, 0.6) is 11.5 Å². The van der Waals surface area contributed by atoms with E-state index in [2.05, 4.69) is 0 Å². The Hall–Kier alpha value is -1.99. The van der Waals surface area contributed by atoms with Crippen LogP contribution in [-0.4, -0.2) is 25.7 Å². The summed E-state index contributed by atoms with van der Waals surface area (Å²) in [6, 6.07) is 2.18. The molecular weight excluding hydrogens is 274 g/mol. The molecule has 0 spiro atoms. The van der Waals surface area contributed by atoms with Crippen LogP contribution in [0.25, 0.3) is 0 Å². The van der Waals surface area contributed by atoms with E-state index in [1.165, 1.54) is 13.2 Å². The number of primary amides is 1. The van der Waals surface area contributed by atoms with E-state index in [0.29, 0.717) is 22.1 Å². The van der Waals surface area contributed by atoms with Gasteiger partial charge in [0.05, 0.1) is 7.11 Å². The zero-order valence-electron chi connectivity index (χ0n) is 10.2. The maximum absolute atomic E-state index is 11.3. The van der Waals surface area contributed by atoms with Gasteiger partial charge in [0.25, 0.3) is 5.91 Å². The van der Waals surface area contributed by atoms with Gasteiger partial charge in [-0.3, -0.25) is 10.1 Å². The van der Waals surface area contributed by atoms with E-state index in [4.69, 9.17) is 32.5 Å². The monoisotopic (exact) mass is 287 g/mol. The summed E-state index contributed by atoms with van der Waals surface area (Å²) < 4.78 is 10.4. The molecule has 8 heteroatoms. The molecule has 0 radical (unpaired) electrons. The highest BCUT2D eigenvalue weighted by Crippen LogP contribution is 2.34. The third kappa shape index (κ3) is 4.31. The molecule has 1 rings (SSSR count). The molecule has 1 aromatic rings. The number of hydrogen-bond acceptors (Lipinski definition) is 5. The summed E-state index contributed by atoms with van der Waals surface area (Å²) in [5.41, 5.74) is 10.9. The number of benzene rings is 1. The van der Waals surface area contributed by atoms with Gasteiger partial charge in [0.15, 0.2) is 18.1 Å². The third-order valence-corrected chi connectivity index (χ3v) is 2.36. The molecule has 1 aromatic carbocycles. The van der Waals surface area contributed by atoms with Crippen LogP contribution in [-0.2, 0) is 11.3 Å². The summed E-state index contributed by atoms with van der Waals surface area (Å²) in [5, 5.41) is 2.31. The fraction of sp³-hybridized carbons (Fsp3) is 0.273. The standard InChI is InChI=1S/C11H14ClN3O4/c1-18-8-3-7(12)2-6(4-13)10(8)19-5-9(16)15-11(14)17/h2-3H,4-5,13H2,1H3,(H3,14,15,16,17). The number of rotatable bonds is 5. The van der Waals surface area contributed by atoms with Gasteiger partial charge in [0.2, 0.25) is 0 Å². The van der Waals surface area contributed by atoms with Crippen molar-refractivity contribution in [3.8, 4) is 11.5 Å². The van der Waals surface area contributed by atoms with Gasteiger partial charge in [-0.15, -0.1) is 0 Å². The highest BCUT2D eigenvalue weighted by molar-refractivity contribution is 6.30. The number of imide groups is 1. The number of nitrogens with one attached hydrogen (secondary N) is 1. The lowest BCUT2D eigenvalue weighted by Gasteiger charge is -2.14. The molecule has 3 amide bonds. The van der Waals surface area contributed by atoms with Crippen LogP contribution in [0.1, 0.15) is 5.56 Å². The van der Waals surface area contributed by atoms with Crippen LogP contribution in [0.3, 0.4) is 0 Å². The van der Waals surface area contributed by atoms with Crippen molar-refractivity contribution in [2.45, 2.75) is 6.54 Å². The second-order valence-corrected chi connectivity index (χ2v) is 3.94. The number of carbonyl (C=O) groups excluding carboxylic acids is 2. The second kappa shape index (κ2) is 6.81. The number of halogens is 1. The van der Waals surface area contributed by atoms with Crippen molar-refractivity contribution in [3.05, 3.63) is 22.7 Å². The first kappa shape index (κ1) is 15.1. The SMILES string of the molecule is COc1cc(Cl)cc(CN)c1OCC(=O)NC(N)=O. The highest BCUT2D eigenvalue weighted by atomic mass is 35.5. The maximum atomic E-state index is 11.3. The second-order valence-electron chi connectivity index (χ2n) is 3.50. The van der Waals surface area contributed by atoms with Gasteiger partial charge in [0, 0.05) is 23.2 Å². The fourth-order valence-corrected chi connectivity index (χ4v) is 1.63. The van der Waals surface area contributed by atoms with E-state index in [9.17, 15) is 9.59 Å². The van der Waals surface area contributed by atoms with E-state index in [-0.39, 0.29) is 6.54 Å². The molecule has 0 aliphatic rings. The van der Waals surface area contributed by atoms with E-state index in [0.717, 1.165) is 0 Å². The van der Waals surface area contributed by atoms with Gasteiger partial charge < -0.3 is 20.9 Å². The quantitative estimate of drug-likeness (QED) is 0.724. The molecule has 0 fully saturated rings. The molecule has 0 aromatic heterocycles. The number of ether oxygens (including phenoxy) is 2. The first-order valence-corrected chi connectivity index (χ1v) is 5.64. The van der Waals surface area contributed by atoms with Crippen LogP contribution in [0.15, 0.2) is 12.1 Å². The predicted molar refractivity (Wildman–Crippen MR) is 69.1 cm³/mol. The number of amides is 3. The number of carbonyl (C=O) groups is 2. The summed E-state index contributed by atoms with van der Waals surface area (Å²) in [5.74, 6) is -0.0266. The molecule has 0 aliphatic heterocycles. The average Bonchev–Trinajstić information content (AvgIpc) is 2.35. The lowest BCUT2D eigenvalue weighted by atomic mass is 10.2. The molecule has 5 N–H and O–H groups in total. The summed E-state index contributed by atoms with van der Waals surface area (Å²) >= 11 is 5.88. The van der Waals surface area contributed by atoms with Crippen molar-refractivity contribution in [1.29, 1.82) is 0 Å². The highest BCUT2D eigenvalue weighted by Gasteiger charge is 2.14. The lowest BCUT2D eigenvalue weighted by molar-refractivity contribution is -0.121. The molecule has 19 heavy (non-hydrogen) atoms. The smallest absolute Gasteiger partial charge is 0.318 e. The first-order chi connectivity index (χ1) is 8.97. The molecule has 0 bridgehead atoms. The van der Waals surface area contributed by atoms with E-state index < -0.39 is 18.5 Å². The Balaban J connectivity index is 2.87. The number of nitrogens with two attached hydrogens (primary N) is 2. The van der Waals surface area contributed by atoms with Crippen LogP contribution in [0.2, 0.25) is 5.02 Å². The Kier molecular flexibility index (Phi) is 5.40. The Morgan fingerprint density at radius 1 is 1.42 bits per heavy atom. The minimum atomic E-state index is -0.948. The van der Waals surface area contributed by atoms with E-state index in [1.807, 2.05) is 5.32 Å². The minimum Gasteiger partial charge on any atom is -0.493 e. The van der Waals surface area contributed by atoms with Crippen molar-refractivity contribution in [2.75, 3.05) is 13.7 Å². The molecule has 0 atom stereocenters. The Bertz CT molecular complexity index is 468. The molecular formula is C11H14ClN3O4. The summed E-state index contributed by atoms with van der Waals surface area (Å²) in [6.07, 6.45) is 0. The number of hydrogen-bond donors (Lipinski definition) is 3. The number of urea groups is 1. The first-order valence-electron chi connectivity index (χ1n) is 5.26. The Morgan fingerprint density at radius 3 is 2.63 bits per heavy atom. The van der Waals surface area contributed by atoms with Crippen LogP contribution in [0.4, 0.5) is 4.79 Å². The van der Waals surface area contributed by atoms with Crippen molar-refractivity contribution in [3.63, 3.8) is 0 Å². The van der Waals surface area contributed by atoms with Crippen molar-refractivity contribution < 1.29 is 19.1 Å². The Morgan fingerprint density at radius 2 is 2.11 bits per heavy atom.